The highest BCUT2D eigenvalue weighted by Crippen LogP contribution is 2.37. The van der Waals surface area contributed by atoms with Crippen LogP contribution < -0.4 is 0 Å². The fourth-order valence-corrected chi connectivity index (χ4v) is 1.37. The Bertz CT molecular complexity index is 350. The van der Waals surface area contributed by atoms with Crippen molar-refractivity contribution in [1.82, 2.24) is 0 Å². The van der Waals surface area contributed by atoms with E-state index in [4.69, 9.17) is 10.5 Å². The Labute approximate surface area is 88.3 Å². The summed E-state index contributed by atoms with van der Waals surface area (Å²) in [5.74, 6) is -1.01. The van der Waals surface area contributed by atoms with Gasteiger partial charge in [-0.05, 0) is 43.5 Å². The minimum Gasteiger partial charge on any atom is -0.504 e. The highest BCUT2D eigenvalue weighted by Gasteiger charge is 2.09. The second-order valence-electron chi connectivity index (χ2n) is 3.39. The number of benzene rings is 1. The quantitative estimate of drug-likeness (QED) is 0.340. The summed E-state index contributed by atoms with van der Waals surface area (Å²) in [5, 5.41) is 34.7. The monoisotopic (exact) mass is 209 g/mol. The molecule has 0 heterocycles. The first kappa shape index (κ1) is 11.4. The van der Waals surface area contributed by atoms with E-state index in [1.165, 1.54) is 12.3 Å². The lowest BCUT2D eigenvalue weighted by Gasteiger charge is -2.06. The van der Waals surface area contributed by atoms with Crippen molar-refractivity contribution in [2.45, 2.75) is 25.7 Å². The number of rotatable bonds is 5. The number of hydrogen-bond donors (Lipinski definition) is 4. The first-order chi connectivity index (χ1) is 7.16. The van der Waals surface area contributed by atoms with Crippen LogP contribution in [0.1, 0.15) is 24.8 Å². The van der Waals surface area contributed by atoms with Crippen molar-refractivity contribution in [3.8, 4) is 17.2 Å². The molecule has 0 aliphatic rings. The molecule has 0 aliphatic heterocycles. The molecule has 1 aromatic rings. The molecule has 0 unspecified atom stereocenters. The maximum atomic E-state index is 9.48. The van der Waals surface area contributed by atoms with E-state index in [9.17, 15) is 10.2 Å². The van der Waals surface area contributed by atoms with Gasteiger partial charge in [-0.3, -0.25) is 0 Å². The minimum absolute atomic E-state index is 0.246. The third-order valence-corrected chi connectivity index (χ3v) is 2.26. The van der Waals surface area contributed by atoms with Crippen LogP contribution in [0.15, 0.2) is 12.1 Å². The molecule has 0 saturated heterocycles. The zero-order chi connectivity index (χ0) is 11.3. The Morgan fingerprint density at radius 3 is 2.47 bits per heavy atom. The highest BCUT2D eigenvalue weighted by molar-refractivity contribution is 5.53. The summed E-state index contributed by atoms with van der Waals surface area (Å²) in [6.07, 6.45) is 4.43. The van der Waals surface area contributed by atoms with E-state index in [1.807, 2.05) is 0 Å². The molecule has 82 valence electrons. The molecule has 15 heavy (non-hydrogen) atoms. The van der Waals surface area contributed by atoms with Gasteiger partial charge in [-0.25, -0.2) is 0 Å². The van der Waals surface area contributed by atoms with Crippen molar-refractivity contribution in [2.75, 3.05) is 0 Å². The third-order valence-electron chi connectivity index (χ3n) is 2.26. The van der Waals surface area contributed by atoms with Gasteiger partial charge >= 0.3 is 0 Å². The third kappa shape index (κ3) is 2.87. The van der Waals surface area contributed by atoms with Crippen LogP contribution in [0, 0.1) is 5.41 Å². The van der Waals surface area contributed by atoms with E-state index in [0.29, 0.717) is 12.0 Å². The van der Waals surface area contributed by atoms with Crippen LogP contribution in [0.5, 0.6) is 17.2 Å². The van der Waals surface area contributed by atoms with E-state index in [0.717, 1.165) is 19.3 Å². The van der Waals surface area contributed by atoms with Gasteiger partial charge in [0.05, 0.1) is 0 Å². The van der Waals surface area contributed by atoms with E-state index in [1.54, 1.807) is 6.07 Å². The van der Waals surface area contributed by atoms with Crippen molar-refractivity contribution in [1.29, 1.82) is 5.41 Å². The Hall–Kier alpha value is -1.71. The number of unbranched alkanes of at least 4 members (excludes halogenated alkanes) is 2. The molecule has 1 rings (SSSR count). The molecule has 0 bridgehead atoms. The summed E-state index contributed by atoms with van der Waals surface area (Å²) in [4.78, 5) is 0. The molecule has 0 saturated carbocycles. The summed E-state index contributed by atoms with van der Waals surface area (Å²) in [7, 11) is 0. The van der Waals surface area contributed by atoms with Gasteiger partial charge in [0.2, 0.25) is 5.75 Å². The van der Waals surface area contributed by atoms with Crippen LogP contribution in [-0.2, 0) is 6.42 Å². The molecule has 0 atom stereocenters. The molecule has 0 radical (unpaired) electrons. The second-order valence-corrected chi connectivity index (χ2v) is 3.39. The standard InChI is InChI=1S/C11H15NO3/c12-7-3-1-2-4-8-5-6-9(13)11(15)10(8)14/h5-7,12-15H,1-4H2. The van der Waals surface area contributed by atoms with Gasteiger partial charge in [0.1, 0.15) is 0 Å². The maximum Gasteiger partial charge on any atom is 0.200 e. The minimum atomic E-state index is -0.459. The molecule has 0 aromatic heterocycles. The van der Waals surface area contributed by atoms with Crippen molar-refractivity contribution in [3.05, 3.63) is 17.7 Å². The molecule has 0 aliphatic carbocycles. The molecule has 0 amide bonds. The lowest BCUT2D eigenvalue weighted by atomic mass is 10.1. The Kier molecular flexibility index (Phi) is 3.97. The molecule has 0 spiro atoms. The number of phenolic OH excluding ortho intramolecular Hbond substituents is 3. The topological polar surface area (TPSA) is 84.5 Å². The van der Waals surface area contributed by atoms with Crippen LogP contribution in [-0.4, -0.2) is 21.5 Å². The van der Waals surface area contributed by atoms with Gasteiger partial charge in [-0.15, -0.1) is 0 Å². The summed E-state index contributed by atoms with van der Waals surface area (Å²) < 4.78 is 0. The Morgan fingerprint density at radius 2 is 1.80 bits per heavy atom. The maximum absolute atomic E-state index is 9.48. The largest absolute Gasteiger partial charge is 0.504 e. The predicted molar refractivity (Wildman–Crippen MR) is 57.8 cm³/mol. The van der Waals surface area contributed by atoms with Gasteiger partial charge in [-0.2, -0.15) is 0 Å². The summed E-state index contributed by atoms with van der Waals surface area (Å²) in [5.41, 5.74) is 0.621. The lowest BCUT2D eigenvalue weighted by molar-refractivity contribution is 0.364. The van der Waals surface area contributed by atoms with Crippen LogP contribution in [0.25, 0.3) is 0 Å². The lowest BCUT2D eigenvalue weighted by Crippen LogP contribution is -1.87. The van der Waals surface area contributed by atoms with E-state index in [-0.39, 0.29) is 11.5 Å². The normalized spacial score (nSPS) is 10.1. The van der Waals surface area contributed by atoms with Crippen molar-refractivity contribution < 1.29 is 15.3 Å². The SMILES string of the molecule is N=CCCCCc1ccc(O)c(O)c1O. The number of nitrogens with one attached hydrogen (secondary N) is 1. The zero-order valence-electron chi connectivity index (χ0n) is 8.40. The molecule has 0 fully saturated rings. The molecule has 4 N–H and O–H groups in total. The van der Waals surface area contributed by atoms with Gasteiger partial charge in [0.15, 0.2) is 11.5 Å². The number of aryl methyl sites for hydroxylation is 1. The van der Waals surface area contributed by atoms with Crippen molar-refractivity contribution >= 4 is 6.21 Å². The van der Waals surface area contributed by atoms with E-state index < -0.39 is 5.75 Å². The molecular formula is C11H15NO3. The van der Waals surface area contributed by atoms with Crippen LogP contribution in [0.2, 0.25) is 0 Å². The summed E-state index contributed by atoms with van der Waals surface area (Å²) >= 11 is 0. The van der Waals surface area contributed by atoms with Gasteiger partial charge in [0, 0.05) is 0 Å². The Balaban J connectivity index is 2.62. The van der Waals surface area contributed by atoms with Crippen molar-refractivity contribution in [3.63, 3.8) is 0 Å². The molecule has 4 nitrogen and oxygen atoms in total. The Morgan fingerprint density at radius 1 is 1.07 bits per heavy atom. The van der Waals surface area contributed by atoms with Crippen LogP contribution in [0.4, 0.5) is 0 Å². The van der Waals surface area contributed by atoms with Gasteiger partial charge in [0.25, 0.3) is 0 Å². The molecular weight excluding hydrogens is 194 g/mol. The van der Waals surface area contributed by atoms with Gasteiger partial charge in [-0.1, -0.05) is 6.07 Å². The smallest absolute Gasteiger partial charge is 0.200 e. The van der Waals surface area contributed by atoms with E-state index >= 15 is 0 Å². The van der Waals surface area contributed by atoms with Crippen LogP contribution >= 0.6 is 0 Å². The first-order valence-corrected chi connectivity index (χ1v) is 4.88. The fourth-order valence-electron chi connectivity index (χ4n) is 1.37. The number of phenols is 3. The summed E-state index contributed by atoms with van der Waals surface area (Å²) in [6, 6.07) is 2.95. The van der Waals surface area contributed by atoms with Crippen LogP contribution in [0.3, 0.4) is 0 Å². The average molecular weight is 209 g/mol. The number of aromatic hydroxyl groups is 3. The van der Waals surface area contributed by atoms with E-state index in [2.05, 4.69) is 0 Å². The first-order valence-electron chi connectivity index (χ1n) is 4.88. The fraction of sp³-hybridized carbons (Fsp3) is 0.364. The predicted octanol–water partition coefficient (Wildman–Crippen LogP) is 2.17. The average Bonchev–Trinajstić information content (AvgIpc) is 2.24. The van der Waals surface area contributed by atoms with Gasteiger partial charge < -0.3 is 20.7 Å². The number of hydrogen-bond acceptors (Lipinski definition) is 4. The molecule has 4 heteroatoms. The second kappa shape index (κ2) is 5.24. The summed E-state index contributed by atoms with van der Waals surface area (Å²) in [6.45, 7) is 0. The highest BCUT2D eigenvalue weighted by atomic mass is 16.3. The van der Waals surface area contributed by atoms with Crippen molar-refractivity contribution in [2.24, 2.45) is 0 Å². The molecule has 1 aromatic carbocycles. The zero-order valence-corrected chi connectivity index (χ0v) is 8.40.